The second-order valence-corrected chi connectivity index (χ2v) is 4.85. The van der Waals surface area contributed by atoms with Crippen molar-refractivity contribution in [3.8, 4) is 0 Å². The van der Waals surface area contributed by atoms with Crippen LogP contribution in [0.2, 0.25) is 0 Å². The lowest BCUT2D eigenvalue weighted by molar-refractivity contribution is -0.143. The Labute approximate surface area is 136 Å². The number of benzene rings is 1. The van der Waals surface area contributed by atoms with Gasteiger partial charge < -0.3 is 21.2 Å². The first kappa shape index (κ1) is 18.6. The molecule has 0 aromatic heterocycles. The van der Waals surface area contributed by atoms with Crippen LogP contribution in [-0.2, 0) is 20.9 Å². The molecular formula is C16H24N4O3. The molecule has 126 valence electrons. The van der Waals surface area contributed by atoms with Crippen LogP contribution in [0.3, 0.4) is 0 Å². The predicted octanol–water partition coefficient (Wildman–Crippen LogP) is 0.528. The normalized spacial score (nSPS) is 10.7. The standard InChI is InChI=1S/C16H24N4O3/c1-2-23-16(22)8-10-19-15(21)7-9-18-11-13-3-5-14(6-4-13)12-20-17/h3-6,12,18H,2,7-11,17H2,1H3,(H,19,21). The summed E-state index contributed by atoms with van der Waals surface area (Å²) in [6.07, 6.45) is 2.14. The van der Waals surface area contributed by atoms with E-state index in [1.807, 2.05) is 24.3 Å². The molecule has 1 aromatic carbocycles. The highest BCUT2D eigenvalue weighted by atomic mass is 16.5. The van der Waals surface area contributed by atoms with Gasteiger partial charge in [-0.2, -0.15) is 5.10 Å². The Morgan fingerprint density at radius 3 is 2.61 bits per heavy atom. The summed E-state index contributed by atoms with van der Waals surface area (Å²) in [7, 11) is 0. The molecule has 0 unspecified atom stereocenters. The van der Waals surface area contributed by atoms with Crippen molar-refractivity contribution in [2.24, 2.45) is 10.9 Å². The Bertz CT molecular complexity index is 515. The van der Waals surface area contributed by atoms with Crippen molar-refractivity contribution in [2.75, 3.05) is 19.7 Å². The van der Waals surface area contributed by atoms with Gasteiger partial charge in [-0.1, -0.05) is 24.3 Å². The number of carbonyl (C=O) groups excluding carboxylic acids is 2. The summed E-state index contributed by atoms with van der Waals surface area (Å²) >= 11 is 0. The Hall–Kier alpha value is -2.41. The van der Waals surface area contributed by atoms with Crippen molar-refractivity contribution in [1.82, 2.24) is 10.6 Å². The van der Waals surface area contributed by atoms with Crippen LogP contribution in [0.5, 0.6) is 0 Å². The number of hydrogen-bond acceptors (Lipinski definition) is 6. The van der Waals surface area contributed by atoms with Gasteiger partial charge in [-0.25, -0.2) is 0 Å². The Morgan fingerprint density at radius 1 is 1.22 bits per heavy atom. The molecule has 7 nitrogen and oxygen atoms in total. The lowest BCUT2D eigenvalue weighted by Crippen LogP contribution is -2.29. The van der Waals surface area contributed by atoms with E-state index in [2.05, 4.69) is 15.7 Å². The van der Waals surface area contributed by atoms with E-state index in [-0.39, 0.29) is 18.3 Å². The Morgan fingerprint density at radius 2 is 1.96 bits per heavy atom. The monoisotopic (exact) mass is 320 g/mol. The zero-order valence-electron chi connectivity index (χ0n) is 13.4. The van der Waals surface area contributed by atoms with Crippen molar-refractivity contribution < 1.29 is 14.3 Å². The Kier molecular flexibility index (Phi) is 9.07. The number of nitrogens with zero attached hydrogens (tertiary/aromatic N) is 1. The topological polar surface area (TPSA) is 106 Å². The highest BCUT2D eigenvalue weighted by Crippen LogP contribution is 2.02. The first-order valence-electron chi connectivity index (χ1n) is 7.61. The second kappa shape index (κ2) is 11.2. The average Bonchev–Trinajstić information content (AvgIpc) is 2.53. The maximum absolute atomic E-state index is 11.6. The number of hydrazone groups is 1. The fraction of sp³-hybridized carbons (Fsp3) is 0.438. The number of ether oxygens (including phenoxy) is 1. The number of esters is 1. The summed E-state index contributed by atoms with van der Waals surface area (Å²) in [5, 5.41) is 9.34. The molecular weight excluding hydrogens is 296 g/mol. The van der Waals surface area contributed by atoms with E-state index in [0.717, 1.165) is 11.1 Å². The lowest BCUT2D eigenvalue weighted by Gasteiger charge is -2.07. The summed E-state index contributed by atoms with van der Waals surface area (Å²) < 4.78 is 4.78. The third kappa shape index (κ3) is 8.57. The first-order valence-corrected chi connectivity index (χ1v) is 7.61. The Balaban J connectivity index is 2.12. The first-order chi connectivity index (χ1) is 11.2. The molecule has 0 saturated heterocycles. The van der Waals surface area contributed by atoms with Crippen LogP contribution in [0.25, 0.3) is 0 Å². The van der Waals surface area contributed by atoms with Gasteiger partial charge in [-0.3, -0.25) is 9.59 Å². The highest BCUT2D eigenvalue weighted by Gasteiger charge is 2.04. The molecule has 1 amide bonds. The van der Waals surface area contributed by atoms with Crippen molar-refractivity contribution in [3.05, 3.63) is 35.4 Å². The van der Waals surface area contributed by atoms with Gasteiger partial charge >= 0.3 is 5.97 Å². The fourth-order valence-electron chi connectivity index (χ4n) is 1.87. The van der Waals surface area contributed by atoms with E-state index < -0.39 is 0 Å². The number of rotatable bonds is 10. The quantitative estimate of drug-likeness (QED) is 0.192. The van der Waals surface area contributed by atoms with Crippen molar-refractivity contribution in [3.63, 3.8) is 0 Å². The molecule has 23 heavy (non-hydrogen) atoms. The predicted molar refractivity (Wildman–Crippen MR) is 88.8 cm³/mol. The minimum Gasteiger partial charge on any atom is -0.466 e. The van der Waals surface area contributed by atoms with E-state index in [0.29, 0.717) is 32.7 Å². The number of amides is 1. The number of carbonyl (C=O) groups is 2. The van der Waals surface area contributed by atoms with Gasteiger partial charge in [0.1, 0.15) is 0 Å². The summed E-state index contributed by atoms with van der Waals surface area (Å²) in [6.45, 7) is 3.66. The minimum absolute atomic E-state index is 0.0868. The molecule has 0 radical (unpaired) electrons. The lowest BCUT2D eigenvalue weighted by atomic mass is 10.1. The molecule has 0 saturated carbocycles. The SMILES string of the molecule is CCOC(=O)CCNC(=O)CCNCc1ccc(C=NN)cc1. The summed E-state index contributed by atoms with van der Waals surface area (Å²) in [6, 6.07) is 7.80. The fourth-order valence-corrected chi connectivity index (χ4v) is 1.87. The summed E-state index contributed by atoms with van der Waals surface area (Å²) in [5.74, 6) is 4.70. The number of nitrogens with two attached hydrogens (primary N) is 1. The van der Waals surface area contributed by atoms with E-state index in [4.69, 9.17) is 10.6 Å². The minimum atomic E-state index is -0.297. The van der Waals surface area contributed by atoms with E-state index in [1.54, 1.807) is 13.1 Å². The molecule has 0 heterocycles. The van der Waals surface area contributed by atoms with Crippen LogP contribution >= 0.6 is 0 Å². The number of hydrogen-bond donors (Lipinski definition) is 3. The van der Waals surface area contributed by atoms with Gasteiger partial charge in [0.05, 0.1) is 19.2 Å². The number of nitrogens with one attached hydrogen (secondary N) is 2. The van der Waals surface area contributed by atoms with Gasteiger partial charge in [0, 0.05) is 26.1 Å². The average molecular weight is 320 g/mol. The molecule has 7 heteroatoms. The molecule has 0 aliphatic rings. The molecule has 4 N–H and O–H groups in total. The summed E-state index contributed by atoms with van der Waals surface area (Å²) in [5.41, 5.74) is 2.05. The molecule has 1 rings (SSSR count). The van der Waals surface area contributed by atoms with Crippen LogP contribution in [0.4, 0.5) is 0 Å². The van der Waals surface area contributed by atoms with Gasteiger partial charge in [0.15, 0.2) is 0 Å². The van der Waals surface area contributed by atoms with Gasteiger partial charge in [0.25, 0.3) is 0 Å². The smallest absolute Gasteiger partial charge is 0.307 e. The summed E-state index contributed by atoms with van der Waals surface area (Å²) in [4.78, 5) is 22.7. The third-order valence-corrected chi connectivity index (χ3v) is 3.02. The van der Waals surface area contributed by atoms with Crippen molar-refractivity contribution in [1.29, 1.82) is 0 Å². The molecule has 0 bridgehead atoms. The van der Waals surface area contributed by atoms with Crippen LogP contribution in [0.15, 0.2) is 29.4 Å². The second-order valence-electron chi connectivity index (χ2n) is 4.85. The largest absolute Gasteiger partial charge is 0.466 e. The molecule has 0 fully saturated rings. The maximum Gasteiger partial charge on any atom is 0.307 e. The van der Waals surface area contributed by atoms with E-state index in [9.17, 15) is 9.59 Å². The van der Waals surface area contributed by atoms with Crippen LogP contribution in [0.1, 0.15) is 30.9 Å². The molecule has 1 aromatic rings. The van der Waals surface area contributed by atoms with Gasteiger partial charge in [-0.15, -0.1) is 0 Å². The zero-order valence-corrected chi connectivity index (χ0v) is 13.4. The zero-order chi connectivity index (χ0) is 16.9. The van der Waals surface area contributed by atoms with Gasteiger partial charge in [-0.05, 0) is 18.1 Å². The molecule has 0 aliphatic heterocycles. The highest BCUT2D eigenvalue weighted by molar-refractivity contribution is 5.79. The van der Waals surface area contributed by atoms with Gasteiger partial charge in [0.2, 0.25) is 5.91 Å². The molecule has 0 spiro atoms. The van der Waals surface area contributed by atoms with Crippen LogP contribution < -0.4 is 16.5 Å². The molecule has 0 atom stereocenters. The van der Waals surface area contributed by atoms with E-state index >= 15 is 0 Å². The van der Waals surface area contributed by atoms with Crippen LogP contribution in [-0.4, -0.2) is 37.8 Å². The van der Waals surface area contributed by atoms with Crippen molar-refractivity contribution in [2.45, 2.75) is 26.3 Å². The third-order valence-electron chi connectivity index (χ3n) is 3.02. The van der Waals surface area contributed by atoms with Crippen molar-refractivity contribution >= 4 is 18.1 Å². The van der Waals surface area contributed by atoms with E-state index in [1.165, 1.54) is 0 Å². The molecule has 0 aliphatic carbocycles. The maximum atomic E-state index is 11.6. The van der Waals surface area contributed by atoms with Crippen LogP contribution in [0, 0.1) is 0 Å².